The fraction of sp³-hybridized carbons (Fsp3) is 0.625. The van der Waals surface area contributed by atoms with E-state index in [-0.39, 0.29) is 0 Å². The third kappa shape index (κ3) is 2.49. The summed E-state index contributed by atoms with van der Waals surface area (Å²) in [6.45, 7) is 2.03. The first kappa shape index (κ1) is 10.4. The summed E-state index contributed by atoms with van der Waals surface area (Å²) in [6, 6.07) is 0. The van der Waals surface area contributed by atoms with Crippen molar-refractivity contribution in [2.45, 2.75) is 25.3 Å². The van der Waals surface area contributed by atoms with Crippen LogP contribution in [0.1, 0.15) is 19.8 Å². The average Bonchev–Trinajstić information content (AvgIpc) is 2.03. The van der Waals surface area contributed by atoms with Gasteiger partial charge in [-0.15, -0.1) is 6.42 Å². The first-order valence-corrected chi connectivity index (χ1v) is 4.00. The second-order valence-corrected chi connectivity index (χ2v) is 2.85. The van der Waals surface area contributed by atoms with Crippen LogP contribution in [0.15, 0.2) is 0 Å². The minimum Gasteiger partial charge on any atom is -0.380 e. The second-order valence-electron chi connectivity index (χ2n) is 2.44. The molecule has 0 aromatic carbocycles. The van der Waals surface area contributed by atoms with Crippen molar-refractivity contribution >= 4 is 17.2 Å². The molecule has 3 heteroatoms. The fourth-order valence-electron chi connectivity index (χ4n) is 0.869. The summed E-state index contributed by atoms with van der Waals surface area (Å²) in [5.41, 5.74) is 5.07. The van der Waals surface area contributed by atoms with Gasteiger partial charge in [0.1, 0.15) is 10.5 Å². The molecule has 0 amide bonds. The van der Waals surface area contributed by atoms with Crippen molar-refractivity contribution < 1.29 is 0 Å². The quantitative estimate of drug-likeness (QED) is 0.483. The summed E-state index contributed by atoms with van der Waals surface area (Å²) in [7, 11) is 1.73. The van der Waals surface area contributed by atoms with E-state index < -0.39 is 5.54 Å². The monoisotopic (exact) mass is 170 g/mol. The van der Waals surface area contributed by atoms with Gasteiger partial charge in [-0.1, -0.05) is 31.5 Å². The molecule has 0 heterocycles. The van der Waals surface area contributed by atoms with Gasteiger partial charge >= 0.3 is 0 Å². The Morgan fingerprint density at radius 1 is 1.82 bits per heavy atom. The van der Waals surface area contributed by atoms with Crippen molar-refractivity contribution in [3.8, 4) is 12.3 Å². The Balaban J connectivity index is 4.36. The van der Waals surface area contributed by atoms with Gasteiger partial charge in [-0.3, -0.25) is 0 Å². The van der Waals surface area contributed by atoms with E-state index in [0.717, 1.165) is 12.8 Å². The van der Waals surface area contributed by atoms with Crippen LogP contribution in [-0.2, 0) is 0 Å². The van der Waals surface area contributed by atoms with Crippen LogP contribution >= 0.6 is 12.2 Å². The molecule has 0 aliphatic carbocycles. The molecule has 0 radical (unpaired) electrons. The molecule has 0 rings (SSSR count). The highest BCUT2D eigenvalue weighted by Gasteiger charge is 2.25. The lowest BCUT2D eigenvalue weighted by molar-refractivity contribution is 0.627. The molecule has 2 nitrogen and oxygen atoms in total. The van der Waals surface area contributed by atoms with Crippen molar-refractivity contribution in [1.29, 1.82) is 0 Å². The van der Waals surface area contributed by atoms with Crippen LogP contribution in [0.2, 0.25) is 0 Å². The maximum Gasteiger partial charge on any atom is 0.128 e. The Kier molecular flexibility index (Phi) is 4.09. The summed E-state index contributed by atoms with van der Waals surface area (Å²) in [6.07, 6.45) is 6.93. The Bertz CT molecular complexity index is 183. The number of likely N-dealkylation sites (N-methyl/N-ethyl adjacent to an activating group) is 1. The molecule has 0 aliphatic rings. The molecule has 0 bridgehead atoms. The van der Waals surface area contributed by atoms with Gasteiger partial charge in [-0.25, -0.2) is 0 Å². The second kappa shape index (κ2) is 4.32. The summed E-state index contributed by atoms with van der Waals surface area (Å²) >= 11 is 4.98. The molecule has 0 aromatic rings. The molecule has 62 valence electrons. The van der Waals surface area contributed by atoms with Crippen molar-refractivity contribution in [3.63, 3.8) is 0 Å². The van der Waals surface area contributed by atoms with Crippen molar-refractivity contribution in [3.05, 3.63) is 0 Å². The molecular weight excluding hydrogens is 156 g/mol. The van der Waals surface area contributed by atoms with Crippen LogP contribution in [0.4, 0.5) is 0 Å². The van der Waals surface area contributed by atoms with E-state index in [1.807, 2.05) is 6.92 Å². The Morgan fingerprint density at radius 3 is 2.64 bits per heavy atom. The molecule has 0 aromatic heterocycles. The Morgan fingerprint density at radius 2 is 2.36 bits per heavy atom. The van der Waals surface area contributed by atoms with Crippen LogP contribution in [0.5, 0.6) is 0 Å². The van der Waals surface area contributed by atoms with Gasteiger partial charge in [0.15, 0.2) is 0 Å². The summed E-state index contributed by atoms with van der Waals surface area (Å²) in [5.74, 6) is 2.50. The normalized spacial score (nSPS) is 14.7. The third-order valence-electron chi connectivity index (χ3n) is 1.53. The van der Waals surface area contributed by atoms with Gasteiger partial charge in [0.05, 0.1) is 0 Å². The van der Waals surface area contributed by atoms with Gasteiger partial charge in [-0.2, -0.15) is 0 Å². The zero-order chi connectivity index (χ0) is 8.91. The molecule has 0 saturated carbocycles. The van der Waals surface area contributed by atoms with E-state index in [0.29, 0.717) is 4.99 Å². The first-order valence-electron chi connectivity index (χ1n) is 3.59. The van der Waals surface area contributed by atoms with Crippen LogP contribution in [0, 0.1) is 12.3 Å². The van der Waals surface area contributed by atoms with E-state index in [2.05, 4.69) is 11.2 Å². The highest BCUT2D eigenvalue weighted by atomic mass is 32.1. The molecule has 11 heavy (non-hydrogen) atoms. The maximum absolute atomic E-state index is 5.82. The molecule has 0 fully saturated rings. The number of nitrogens with one attached hydrogen (secondary N) is 1. The average molecular weight is 170 g/mol. The van der Waals surface area contributed by atoms with Crippen LogP contribution in [0.25, 0.3) is 0 Å². The minimum absolute atomic E-state index is 0.543. The SMILES string of the molecule is C#CC(N)(CCC)C(=S)NC. The van der Waals surface area contributed by atoms with Crippen LogP contribution in [0.3, 0.4) is 0 Å². The summed E-state index contributed by atoms with van der Waals surface area (Å²) in [5, 5.41) is 2.81. The van der Waals surface area contributed by atoms with Crippen LogP contribution in [-0.4, -0.2) is 17.6 Å². The highest BCUT2D eigenvalue weighted by Crippen LogP contribution is 2.09. The summed E-state index contributed by atoms with van der Waals surface area (Å²) in [4.78, 5) is 0.543. The van der Waals surface area contributed by atoms with Gasteiger partial charge < -0.3 is 11.1 Å². The molecule has 0 spiro atoms. The first-order chi connectivity index (χ1) is 5.10. The number of terminal acetylenes is 1. The lowest BCUT2D eigenvalue weighted by Crippen LogP contribution is -2.50. The molecule has 3 N–H and O–H groups in total. The third-order valence-corrected chi connectivity index (χ3v) is 2.10. The number of thiocarbonyl (C=S) groups is 1. The van der Waals surface area contributed by atoms with Gasteiger partial charge in [-0.05, 0) is 6.42 Å². The van der Waals surface area contributed by atoms with E-state index in [1.165, 1.54) is 0 Å². The summed E-state index contributed by atoms with van der Waals surface area (Å²) < 4.78 is 0. The Labute approximate surface area is 73.5 Å². The zero-order valence-corrected chi connectivity index (χ0v) is 7.79. The van der Waals surface area contributed by atoms with E-state index in [1.54, 1.807) is 7.05 Å². The van der Waals surface area contributed by atoms with E-state index >= 15 is 0 Å². The van der Waals surface area contributed by atoms with Crippen LogP contribution < -0.4 is 11.1 Å². The Hall–Kier alpha value is -0.590. The van der Waals surface area contributed by atoms with Crippen molar-refractivity contribution in [2.75, 3.05) is 7.05 Å². The fourth-order valence-corrected chi connectivity index (χ4v) is 1.03. The zero-order valence-electron chi connectivity index (χ0n) is 6.98. The van der Waals surface area contributed by atoms with Gasteiger partial charge in [0, 0.05) is 7.05 Å². The number of hydrogen-bond donors (Lipinski definition) is 2. The molecular formula is C8H14N2S. The molecule has 1 unspecified atom stereocenters. The smallest absolute Gasteiger partial charge is 0.128 e. The predicted octanol–water partition coefficient (Wildman–Crippen LogP) is 0.664. The number of hydrogen-bond acceptors (Lipinski definition) is 2. The van der Waals surface area contributed by atoms with Crippen molar-refractivity contribution in [1.82, 2.24) is 5.32 Å². The van der Waals surface area contributed by atoms with Crippen molar-refractivity contribution in [2.24, 2.45) is 5.73 Å². The standard InChI is InChI=1S/C8H14N2S/c1-4-6-8(9,5-2)7(11)10-3/h2H,4,6,9H2,1,3H3,(H,10,11). The lowest BCUT2D eigenvalue weighted by Gasteiger charge is -2.23. The highest BCUT2D eigenvalue weighted by molar-refractivity contribution is 7.80. The maximum atomic E-state index is 5.82. The predicted molar refractivity (Wildman–Crippen MR) is 52.3 cm³/mol. The number of rotatable bonds is 3. The molecule has 1 atom stereocenters. The minimum atomic E-state index is -0.751. The largest absolute Gasteiger partial charge is 0.380 e. The van der Waals surface area contributed by atoms with Gasteiger partial charge in [0.25, 0.3) is 0 Å². The number of nitrogens with two attached hydrogens (primary N) is 1. The van der Waals surface area contributed by atoms with Gasteiger partial charge in [0.2, 0.25) is 0 Å². The lowest BCUT2D eigenvalue weighted by atomic mass is 9.96. The molecule has 0 saturated heterocycles. The topological polar surface area (TPSA) is 38.0 Å². The molecule has 0 aliphatic heterocycles. The van der Waals surface area contributed by atoms with E-state index in [9.17, 15) is 0 Å². The van der Waals surface area contributed by atoms with E-state index in [4.69, 9.17) is 24.4 Å².